The maximum absolute atomic E-state index is 12.3. The second-order valence-corrected chi connectivity index (χ2v) is 5.83. The molecule has 8 heteroatoms. The minimum atomic E-state index is -1.01. The van der Waals surface area contributed by atoms with Crippen LogP contribution in [0.2, 0.25) is 0 Å². The zero-order valence-corrected chi connectivity index (χ0v) is 13.8. The summed E-state index contributed by atoms with van der Waals surface area (Å²) in [5.41, 5.74) is 0.361. The van der Waals surface area contributed by atoms with E-state index in [2.05, 4.69) is 10.3 Å². The van der Waals surface area contributed by atoms with Gasteiger partial charge in [0.15, 0.2) is 0 Å². The Morgan fingerprint density at radius 3 is 2.62 bits per heavy atom. The highest BCUT2D eigenvalue weighted by atomic mass is 16.5. The molecule has 1 aliphatic heterocycles. The highest BCUT2D eigenvalue weighted by Gasteiger charge is 2.29. The SMILES string of the molecule is O=C(O)c1ccc(O[C@@H]2COCC[C@H]2NC(=O)c2ccc(O)cn2)cc1. The molecule has 0 bridgehead atoms. The van der Waals surface area contributed by atoms with Crippen molar-refractivity contribution in [2.24, 2.45) is 0 Å². The molecule has 3 rings (SSSR count). The monoisotopic (exact) mass is 358 g/mol. The van der Waals surface area contributed by atoms with Gasteiger partial charge in [-0.1, -0.05) is 0 Å². The summed E-state index contributed by atoms with van der Waals surface area (Å²) < 4.78 is 11.3. The Bertz CT molecular complexity index is 775. The van der Waals surface area contributed by atoms with Crippen LogP contribution < -0.4 is 10.1 Å². The molecule has 0 spiro atoms. The Morgan fingerprint density at radius 2 is 1.96 bits per heavy atom. The summed E-state index contributed by atoms with van der Waals surface area (Å²) in [5.74, 6) is -0.901. The maximum atomic E-state index is 12.3. The molecule has 0 aliphatic carbocycles. The minimum Gasteiger partial charge on any atom is -0.506 e. The van der Waals surface area contributed by atoms with Gasteiger partial charge in [-0.25, -0.2) is 9.78 Å². The van der Waals surface area contributed by atoms with Crippen molar-refractivity contribution in [3.8, 4) is 11.5 Å². The Balaban J connectivity index is 1.66. The van der Waals surface area contributed by atoms with Crippen molar-refractivity contribution >= 4 is 11.9 Å². The first-order chi connectivity index (χ1) is 12.5. The highest BCUT2D eigenvalue weighted by Crippen LogP contribution is 2.19. The van der Waals surface area contributed by atoms with E-state index < -0.39 is 12.1 Å². The van der Waals surface area contributed by atoms with Crippen molar-refractivity contribution in [3.05, 3.63) is 53.9 Å². The number of nitrogens with one attached hydrogen (secondary N) is 1. The Morgan fingerprint density at radius 1 is 1.19 bits per heavy atom. The van der Waals surface area contributed by atoms with E-state index >= 15 is 0 Å². The molecule has 2 aromatic rings. The molecule has 8 nitrogen and oxygen atoms in total. The number of pyridine rings is 1. The fraction of sp³-hybridized carbons (Fsp3) is 0.278. The van der Waals surface area contributed by atoms with Gasteiger partial charge in [0.1, 0.15) is 23.3 Å². The summed E-state index contributed by atoms with van der Waals surface area (Å²) in [4.78, 5) is 27.1. The van der Waals surface area contributed by atoms with Crippen LogP contribution in [0.4, 0.5) is 0 Å². The lowest BCUT2D eigenvalue weighted by molar-refractivity contribution is -0.0135. The third-order valence-electron chi connectivity index (χ3n) is 3.99. The molecule has 1 fully saturated rings. The van der Waals surface area contributed by atoms with Gasteiger partial charge in [-0.2, -0.15) is 0 Å². The quantitative estimate of drug-likeness (QED) is 0.740. The summed E-state index contributed by atoms with van der Waals surface area (Å²) in [6.45, 7) is 0.792. The summed E-state index contributed by atoms with van der Waals surface area (Å²) in [5, 5.41) is 21.1. The van der Waals surface area contributed by atoms with E-state index in [0.29, 0.717) is 25.4 Å². The summed E-state index contributed by atoms with van der Waals surface area (Å²) in [7, 11) is 0. The number of carbonyl (C=O) groups excluding carboxylic acids is 1. The van der Waals surface area contributed by atoms with Crippen molar-refractivity contribution < 1.29 is 29.3 Å². The Kier molecular flexibility index (Phi) is 5.33. The molecule has 2 heterocycles. The first kappa shape index (κ1) is 17.7. The van der Waals surface area contributed by atoms with Gasteiger partial charge >= 0.3 is 5.97 Å². The highest BCUT2D eigenvalue weighted by molar-refractivity contribution is 5.92. The summed E-state index contributed by atoms with van der Waals surface area (Å²) in [6, 6.07) is 8.58. The number of amides is 1. The molecule has 1 aliphatic rings. The van der Waals surface area contributed by atoms with Gasteiger partial charge in [0, 0.05) is 6.61 Å². The molecular formula is C18H18N2O6. The molecule has 1 amide bonds. The Labute approximate surface area is 149 Å². The zero-order valence-electron chi connectivity index (χ0n) is 13.8. The minimum absolute atomic E-state index is 0.0152. The predicted octanol–water partition coefficient (Wildman–Crippen LogP) is 1.45. The lowest BCUT2D eigenvalue weighted by Crippen LogP contribution is -2.51. The van der Waals surface area contributed by atoms with Gasteiger partial charge in [-0.3, -0.25) is 4.79 Å². The third kappa shape index (κ3) is 4.28. The fourth-order valence-corrected chi connectivity index (χ4v) is 2.61. The summed E-state index contributed by atoms with van der Waals surface area (Å²) >= 11 is 0. The van der Waals surface area contributed by atoms with Gasteiger partial charge in [0.05, 0.1) is 24.4 Å². The van der Waals surface area contributed by atoms with Crippen LogP contribution in [0.5, 0.6) is 11.5 Å². The number of benzene rings is 1. The normalized spacial score (nSPS) is 19.5. The first-order valence-electron chi connectivity index (χ1n) is 8.06. The number of carboxylic acid groups (broad SMARTS) is 1. The largest absolute Gasteiger partial charge is 0.506 e. The molecule has 1 aromatic carbocycles. The van der Waals surface area contributed by atoms with Crippen LogP contribution >= 0.6 is 0 Å². The average molecular weight is 358 g/mol. The van der Waals surface area contributed by atoms with Crippen LogP contribution in [0.1, 0.15) is 27.3 Å². The standard InChI is InChI=1S/C18H18N2O6/c21-12-3-6-15(19-9-12)17(22)20-14-7-8-25-10-16(14)26-13-4-1-11(2-5-13)18(23)24/h1-6,9,14,16,21H,7-8,10H2,(H,20,22)(H,23,24)/t14-,16-/m1/s1. The molecule has 26 heavy (non-hydrogen) atoms. The molecule has 0 saturated carbocycles. The zero-order chi connectivity index (χ0) is 18.5. The van der Waals surface area contributed by atoms with E-state index in [4.69, 9.17) is 14.6 Å². The number of carboxylic acids is 1. The van der Waals surface area contributed by atoms with Crippen molar-refractivity contribution in [2.45, 2.75) is 18.6 Å². The van der Waals surface area contributed by atoms with E-state index in [0.717, 1.165) is 0 Å². The van der Waals surface area contributed by atoms with Gasteiger partial charge in [-0.05, 0) is 42.8 Å². The van der Waals surface area contributed by atoms with Crippen molar-refractivity contribution in [2.75, 3.05) is 13.2 Å². The number of hydrogen-bond donors (Lipinski definition) is 3. The van der Waals surface area contributed by atoms with Gasteiger partial charge < -0.3 is 25.0 Å². The van der Waals surface area contributed by atoms with Crippen LogP contribution in [0.3, 0.4) is 0 Å². The lowest BCUT2D eigenvalue weighted by atomic mass is 10.1. The van der Waals surface area contributed by atoms with Crippen molar-refractivity contribution in [3.63, 3.8) is 0 Å². The number of aromatic carboxylic acids is 1. The number of hydrogen-bond acceptors (Lipinski definition) is 6. The molecule has 3 N–H and O–H groups in total. The van der Waals surface area contributed by atoms with Crippen LogP contribution in [0, 0.1) is 0 Å². The van der Waals surface area contributed by atoms with E-state index in [1.165, 1.54) is 30.5 Å². The molecule has 2 atom stereocenters. The van der Waals surface area contributed by atoms with Crippen LogP contribution in [0.15, 0.2) is 42.6 Å². The fourth-order valence-electron chi connectivity index (χ4n) is 2.61. The number of aromatic hydroxyl groups is 1. The van der Waals surface area contributed by atoms with E-state index in [1.807, 2.05) is 0 Å². The average Bonchev–Trinajstić information content (AvgIpc) is 2.64. The van der Waals surface area contributed by atoms with E-state index in [1.54, 1.807) is 12.1 Å². The Hall–Kier alpha value is -3.13. The lowest BCUT2D eigenvalue weighted by Gasteiger charge is -2.32. The van der Waals surface area contributed by atoms with Crippen LogP contribution in [0.25, 0.3) is 0 Å². The van der Waals surface area contributed by atoms with Gasteiger partial charge in [-0.15, -0.1) is 0 Å². The molecule has 1 aromatic heterocycles. The summed E-state index contributed by atoms with van der Waals surface area (Å²) in [6.07, 6.45) is 1.36. The number of carbonyl (C=O) groups is 2. The second kappa shape index (κ2) is 7.83. The van der Waals surface area contributed by atoms with Gasteiger partial charge in [0.25, 0.3) is 5.91 Å². The second-order valence-electron chi connectivity index (χ2n) is 5.83. The number of ether oxygens (including phenoxy) is 2. The number of rotatable bonds is 5. The maximum Gasteiger partial charge on any atom is 0.335 e. The molecular weight excluding hydrogens is 340 g/mol. The van der Waals surface area contributed by atoms with Crippen LogP contribution in [-0.2, 0) is 4.74 Å². The van der Waals surface area contributed by atoms with E-state index in [9.17, 15) is 14.7 Å². The smallest absolute Gasteiger partial charge is 0.335 e. The third-order valence-corrected chi connectivity index (χ3v) is 3.99. The number of aromatic nitrogens is 1. The van der Waals surface area contributed by atoms with Crippen LogP contribution in [-0.4, -0.2) is 52.4 Å². The molecule has 136 valence electrons. The van der Waals surface area contributed by atoms with Gasteiger partial charge in [0.2, 0.25) is 0 Å². The molecule has 0 radical (unpaired) electrons. The molecule has 1 saturated heterocycles. The topological polar surface area (TPSA) is 118 Å². The van der Waals surface area contributed by atoms with E-state index in [-0.39, 0.29) is 29.0 Å². The first-order valence-corrected chi connectivity index (χ1v) is 8.06. The van der Waals surface area contributed by atoms with Crippen molar-refractivity contribution in [1.82, 2.24) is 10.3 Å². The predicted molar refractivity (Wildman–Crippen MR) is 90.4 cm³/mol. The number of nitrogens with zero attached hydrogens (tertiary/aromatic N) is 1. The molecule has 0 unspecified atom stereocenters. The van der Waals surface area contributed by atoms with Crippen molar-refractivity contribution in [1.29, 1.82) is 0 Å².